The van der Waals surface area contributed by atoms with Crippen LogP contribution in [0.3, 0.4) is 0 Å². The molecule has 0 spiro atoms. The van der Waals surface area contributed by atoms with Crippen LogP contribution >= 0.6 is 0 Å². The number of amides is 1. The van der Waals surface area contributed by atoms with Gasteiger partial charge in [0.2, 0.25) is 0 Å². The fourth-order valence-electron chi connectivity index (χ4n) is 1.25. The first-order valence-corrected chi connectivity index (χ1v) is 7.02. The smallest absolute Gasteiger partial charge is 0.412 e. The molecular formula is C11H13NO7S. The Bertz CT molecular complexity index is 597. The van der Waals surface area contributed by atoms with Gasteiger partial charge in [0.25, 0.3) is 10.1 Å². The second kappa shape index (κ2) is 6.87. The average Bonchev–Trinajstić information content (AvgIpc) is 2.37. The van der Waals surface area contributed by atoms with Gasteiger partial charge in [-0.05, 0) is 12.1 Å². The Kier molecular flexibility index (Phi) is 5.47. The van der Waals surface area contributed by atoms with Gasteiger partial charge in [-0.25, -0.2) is 9.59 Å². The predicted octanol–water partition coefficient (Wildman–Crippen LogP) is 0.449. The number of benzene rings is 1. The second-order valence-electron chi connectivity index (χ2n) is 3.59. The maximum Gasteiger partial charge on any atom is 0.412 e. The highest BCUT2D eigenvalue weighted by Crippen LogP contribution is 2.18. The van der Waals surface area contributed by atoms with Gasteiger partial charge < -0.3 is 14.8 Å². The van der Waals surface area contributed by atoms with E-state index < -0.39 is 27.9 Å². The number of carbonyl (C=O) groups excluding carboxylic acids is 2. The van der Waals surface area contributed by atoms with Crippen molar-refractivity contribution in [3.8, 4) is 5.75 Å². The summed E-state index contributed by atoms with van der Waals surface area (Å²) in [6, 6.07) is 5.91. The van der Waals surface area contributed by atoms with Gasteiger partial charge in [-0.15, -0.1) is 0 Å². The summed E-state index contributed by atoms with van der Waals surface area (Å²) < 4.78 is 38.8. The lowest BCUT2D eigenvalue weighted by Gasteiger charge is -2.09. The zero-order valence-corrected chi connectivity index (χ0v) is 11.3. The number of carbonyl (C=O) groups is 2. The number of esters is 1. The Morgan fingerprint density at radius 3 is 2.55 bits per heavy atom. The molecule has 2 N–H and O–H groups in total. The molecule has 1 rings (SSSR count). The van der Waals surface area contributed by atoms with Crippen molar-refractivity contribution in [2.24, 2.45) is 0 Å². The number of nitrogens with one attached hydrogen (secondary N) is 1. The summed E-state index contributed by atoms with van der Waals surface area (Å²) in [5.41, 5.74) is 0.0555. The lowest BCUT2D eigenvalue weighted by atomic mass is 10.2. The highest BCUT2D eigenvalue weighted by Gasteiger charge is 2.15. The molecule has 0 fully saturated rings. The Morgan fingerprint density at radius 1 is 1.30 bits per heavy atom. The summed E-state index contributed by atoms with van der Waals surface area (Å²) in [7, 11) is -2.98. The number of para-hydroxylation sites is 1. The van der Waals surface area contributed by atoms with E-state index in [2.05, 4.69) is 10.1 Å². The number of ether oxygens (including phenoxy) is 2. The normalized spacial score (nSPS) is 10.7. The minimum atomic E-state index is -4.16. The molecular weight excluding hydrogens is 290 g/mol. The zero-order chi connectivity index (χ0) is 15.2. The third-order valence-electron chi connectivity index (χ3n) is 2.12. The molecule has 20 heavy (non-hydrogen) atoms. The largest absolute Gasteiger partial charge is 0.465 e. The quantitative estimate of drug-likeness (QED) is 0.598. The van der Waals surface area contributed by atoms with Crippen molar-refractivity contribution in [2.75, 3.05) is 19.4 Å². The van der Waals surface area contributed by atoms with E-state index in [1.807, 2.05) is 0 Å². The van der Waals surface area contributed by atoms with E-state index in [1.165, 1.54) is 19.2 Å². The monoisotopic (exact) mass is 303 g/mol. The van der Waals surface area contributed by atoms with Gasteiger partial charge in [0.15, 0.2) is 0 Å². The summed E-state index contributed by atoms with van der Waals surface area (Å²) >= 11 is 0. The fourth-order valence-corrected chi connectivity index (χ4v) is 1.61. The van der Waals surface area contributed by atoms with Crippen LogP contribution in [0.2, 0.25) is 0 Å². The lowest BCUT2D eigenvalue weighted by molar-refractivity contribution is 0.0598. The molecule has 1 aromatic carbocycles. The maximum atomic E-state index is 11.4. The van der Waals surface area contributed by atoms with E-state index >= 15 is 0 Å². The molecule has 0 atom stereocenters. The van der Waals surface area contributed by atoms with Crippen molar-refractivity contribution in [2.45, 2.75) is 0 Å². The summed E-state index contributed by atoms with van der Waals surface area (Å²) in [5.74, 6) is -1.34. The van der Waals surface area contributed by atoms with Crippen LogP contribution in [-0.2, 0) is 14.9 Å². The van der Waals surface area contributed by atoms with Crippen molar-refractivity contribution < 1.29 is 32.0 Å². The SMILES string of the molecule is COC(=O)c1ccccc1OC(=O)NCCS(=O)(=O)O. The number of methoxy groups -OCH3 is 1. The van der Waals surface area contributed by atoms with Crippen molar-refractivity contribution in [1.29, 1.82) is 0 Å². The second-order valence-corrected chi connectivity index (χ2v) is 5.16. The predicted molar refractivity (Wildman–Crippen MR) is 68.2 cm³/mol. The Hall–Kier alpha value is -2.13. The average molecular weight is 303 g/mol. The molecule has 0 aliphatic carbocycles. The van der Waals surface area contributed by atoms with E-state index in [9.17, 15) is 18.0 Å². The molecule has 0 aromatic heterocycles. The Labute approximate surface area is 115 Å². The van der Waals surface area contributed by atoms with Crippen molar-refractivity contribution in [3.63, 3.8) is 0 Å². The van der Waals surface area contributed by atoms with E-state index in [0.29, 0.717) is 0 Å². The lowest BCUT2D eigenvalue weighted by Crippen LogP contribution is -2.31. The van der Waals surface area contributed by atoms with Gasteiger partial charge in [0.1, 0.15) is 11.3 Å². The van der Waals surface area contributed by atoms with Crippen LogP contribution < -0.4 is 10.1 Å². The van der Waals surface area contributed by atoms with Crippen LogP contribution in [0.5, 0.6) is 5.75 Å². The first-order valence-electron chi connectivity index (χ1n) is 5.41. The van der Waals surface area contributed by atoms with E-state index in [1.54, 1.807) is 12.1 Å². The van der Waals surface area contributed by atoms with Crippen molar-refractivity contribution in [1.82, 2.24) is 5.32 Å². The topological polar surface area (TPSA) is 119 Å². The molecule has 0 bridgehead atoms. The van der Waals surface area contributed by atoms with Gasteiger partial charge >= 0.3 is 12.1 Å². The van der Waals surface area contributed by atoms with Crippen LogP contribution in [0.25, 0.3) is 0 Å². The molecule has 0 aliphatic rings. The third-order valence-corrected chi connectivity index (χ3v) is 2.84. The molecule has 0 saturated heterocycles. The van der Waals surface area contributed by atoms with Crippen molar-refractivity contribution >= 4 is 22.2 Å². The molecule has 8 nitrogen and oxygen atoms in total. The number of rotatable bonds is 5. The summed E-state index contributed by atoms with van der Waals surface area (Å²) in [5, 5.41) is 2.12. The Morgan fingerprint density at radius 2 is 1.95 bits per heavy atom. The third kappa shape index (κ3) is 5.24. The molecule has 0 unspecified atom stereocenters. The summed E-state index contributed by atoms with van der Waals surface area (Å²) in [4.78, 5) is 22.8. The van der Waals surface area contributed by atoms with Gasteiger partial charge in [-0.3, -0.25) is 4.55 Å². The highest BCUT2D eigenvalue weighted by atomic mass is 32.2. The first kappa shape index (κ1) is 15.9. The summed E-state index contributed by atoms with van der Waals surface area (Å²) in [6.45, 7) is -0.321. The fraction of sp³-hybridized carbons (Fsp3) is 0.273. The highest BCUT2D eigenvalue weighted by molar-refractivity contribution is 7.85. The maximum absolute atomic E-state index is 11.4. The minimum absolute atomic E-state index is 0.0243. The number of hydrogen-bond donors (Lipinski definition) is 2. The molecule has 1 aromatic rings. The molecule has 0 heterocycles. The van der Waals surface area contributed by atoms with Crippen LogP contribution in [-0.4, -0.2) is 44.4 Å². The molecule has 9 heteroatoms. The number of hydrogen-bond acceptors (Lipinski definition) is 6. The molecule has 0 radical (unpaired) electrons. The van der Waals surface area contributed by atoms with Gasteiger partial charge in [-0.2, -0.15) is 8.42 Å². The molecule has 0 saturated carbocycles. The van der Waals surface area contributed by atoms with E-state index in [-0.39, 0.29) is 17.9 Å². The van der Waals surface area contributed by atoms with Crippen LogP contribution in [0.4, 0.5) is 4.79 Å². The Balaban J connectivity index is 2.65. The molecule has 110 valence electrons. The van der Waals surface area contributed by atoms with Crippen molar-refractivity contribution in [3.05, 3.63) is 29.8 Å². The van der Waals surface area contributed by atoms with Gasteiger partial charge in [-0.1, -0.05) is 12.1 Å². The van der Waals surface area contributed by atoms with E-state index in [0.717, 1.165) is 0 Å². The standard InChI is InChI=1S/C11H13NO7S/c1-18-10(13)8-4-2-3-5-9(8)19-11(14)12-6-7-20(15,16)17/h2-5H,6-7H2,1H3,(H,12,14)(H,15,16,17). The van der Waals surface area contributed by atoms with Crippen LogP contribution in [0.15, 0.2) is 24.3 Å². The van der Waals surface area contributed by atoms with Crippen LogP contribution in [0, 0.1) is 0 Å². The zero-order valence-electron chi connectivity index (χ0n) is 10.5. The van der Waals surface area contributed by atoms with Crippen LogP contribution in [0.1, 0.15) is 10.4 Å². The van der Waals surface area contributed by atoms with Gasteiger partial charge in [0.05, 0.1) is 12.9 Å². The first-order chi connectivity index (χ1) is 9.33. The van der Waals surface area contributed by atoms with Gasteiger partial charge in [0, 0.05) is 6.54 Å². The molecule has 0 aliphatic heterocycles. The minimum Gasteiger partial charge on any atom is -0.465 e. The summed E-state index contributed by atoms with van der Waals surface area (Å²) in [6.07, 6.45) is -0.954. The van der Waals surface area contributed by atoms with E-state index in [4.69, 9.17) is 9.29 Å². The molecule has 1 amide bonds.